The molecule has 0 radical (unpaired) electrons. The molecule has 0 unspecified atom stereocenters. The third kappa shape index (κ3) is 4.22. The van der Waals surface area contributed by atoms with E-state index in [1.807, 2.05) is 36.4 Å². The Hall–Kier alpha value is -3.08. The predicted octanol–water partition coefficient (Wildman–Crippen LogP) is 5.86. The summed E-state index contributed by atoms with van der Waals surface area (Å²) in [5.74, 6) is -0.225. The lowest BCUT2D eigenvalue weighted by Crippen LogP contribution is -2.49. The molecule has 0 bridgehead atoms. The number of hydrogen-bond acceptors (Lipinski definition) is 3. The highest BCUT2D eigenvalue weighted by atomic mass is 35.5. The molecule has 1 aliphatic rings. The first-order chi connectivity index (χ1) is 15.0. The second-order valence-electron chi connectivity index (χ2n) is 8.19. The Morgan fingerprint density at radius 1 is 0.968 bits per heavy atom. The summed E-state index contributed by atoms with van der Waals surface area (Å²) in [5.41, 5.74) is 5.28. The van der Waals surface area contributed by atoms with Crippen LogP contribution in [0.5, 0.6) is 0 Å². The largest absolute Gasteiger partial charge is 0.481 e. The summed E-state index contributed by atoms with van der Waals surface area (Å²) in [4.78, 5) is 13.1. The summed E-state index contributed by atoms with van der Waals surface area (Å²) >= 11 is 6.58. The number of nitrogens with zero attached hydrogens (tertiary/aromatic N) is 1. The van der Waals surface area contributed by atoms with Crippen LogP contribution < -0.4 is 0 Å². The van der Waals surface area contributed by atoms with E-state index in [9.17, 15) is 4.79 Å². The molecule has 1 aliphatic heterocycles. The van der Waals surface area contributed by atoms with E-state index in [1.54, 1.807) is 0 Å². The van der Waals surface area contributed by atoms with Crippen molar-refractivity contribution in [3.63, 3.8) is 0 Å². The number of halogens is 1. The zero-order valence-electron chi connectivity index (χ0n) is 16.9. The molecule has 156 valence electrons. The quantitative estimate of drug-likeness (QED) is 0.415. The van der Waals surface area contributed by atoms with Crippen LogP contribution >= 0.6 is 11.6 Å². The van der Waals surface area contributed by atoms with Crippen LogP contribution in [0.3, 0.4) is 0 Å². The summed E-state index contributed by atoms with van der Waals surface area (Å²) in [6, 6.07) is 24.7. The number of carbonyl (C=O) groups is 1. The first kappa shape index (κ1) is 19.9. The molecule has 0 aliphatic carbocycles. The SMILES string of the molecule is O=C(O)C1CN(Cc2ccc(-c3cc4cc(Cc5ccccc5)ccc4o3)c(Cl)c2)C1. The van der Waals surface area contributed by atoms with Gasteiger partial charge in [-0.1, -0.05) is 54.1 Å². The third-order valence-corrected chi connectivity index (χ3v) is 6.16. The zero-order chi connectivity index (χ0) is 21.4. The molecule has 4 nitrogen and oxygen atoms in total. The normalized spacial score (nSPS) is 14.6. The number of hydrogen-bond donors (Lipinski definition) is 1. The molecule has 31 heavy (non-hydrogen) atoms. The van der Waals surface area contributed by atoms with Crippen molar-refractivity contribution in [3.05, 3.63) is 94.5 Å². The van der Waals surface area contributed by atoms with E-state index in [2.05, 4.69) is 41.3 Å². The van der Waals surface area contributed by atoms with E-state index in [0.29, 0.717) is 24.7 Å². The highest BCUT2D eigenvalue weighted by Crippen LogP contribution is 2.34. The van der Waals surface area contributed by atoms with Gasteiger partial charge in [0.05, 0.1) is 10.9 Å². The van der Waals surface area contributed by atoms with Crippen molar-refractivity contribution in [2.75, 3.05) is 13.1 Å². The van der Waals surface area contributed by atoms with Crippen LogP contribution in [-0.2, 0) is 17.8 Å². The molecular weight excluding hydrogens is 410 g/mol. The fourth-order valence-corrected chi connectivity index (χ4v) is 4.43. The molecule has 3 aromatic carbocycles. The fourth-order valence-electron chi connectivity index (χ4n) is 4.14. The second-order valence-corrected chi connectivity index (χ2v) is 8.60. The Morgan fingerprint density at radius 2 is 1.74 bits per heavy atom. The summed E-state index contributed by atoms with van der Waals surface area (Å²) in [5, 5.41) is 10.7. The van der Waals surface area contributed by atoms with Gasteiger partial charge in [0.1, 0.15) is 11.3 Å². The van der Waals surface area contributed by atoms with E-state index < -0.39 is 5.97 Å². The van der Waals surface area contributed by atoms with E-state index in [1.165, 1.54) is 11.1 Å². The number of rotatable bonds is 6. The van der Waals surface area contributed by atoms with E-state index in [-0.39, 0.29) is 5.92 Å². The maximum Gasteiger partial charge on any atom is 0.309 e. The van der Waals surface area contributed by atoms with Crippen LogP contribution in [0.1, 0.15) is 16.7 Å². The van der Waals surface area contributed by atoms with Crippen molar-refractivity contribution in [3.8, 4) is 11.3 Å². The van der Waals surface area contributed by atoms with Crippen LogP contribution in [0, 0.1) is 5.92 Å². The number of fused-ring (bicyclic) bond motifs is 1. The van der Waals surface area contributed by atoms with Crippen molar-refractivity contribution in [1.29, 1.82) is 0 Å². The molecule has 0 spiro atoms. The Labute approximate surface area is 185 Å². The van der Waals surface area contributed by atoms with Gasteiger partial charge in [0, 0.05) is 30.6 Å². The van der Waals surface area contributed by atoms with Gasteiger partial charge < -0.3 is 9.52 Å². The number of likely N-dealkylation sites (tertiary alicyclic amines) is 1. The molecular formula is C26H22ClNO3. The maximum absolute atomic E-state index is 11.0. The Balaban J connectivity index is 1.33. The lowest BCUT2D eigenvalue weighted by Gasteiger charge is -2.36. The molecule has 2 heterocycles. The lowest BCUT2D eigenvalue weighted by molar-refractivity contribution is -0.147. The van der Waals surface area contributed by atoms with E-state index in [0.717, 1.165) is 34.3 Å². The monoisotopic (exact) mass is 431 g/mol. The van der Waals surface area contributed by atoms with Gasteiger partial charge in [0.15, 0.2) is 0 Å². The first-order valence-electron chi connectivity index (χ1n) is 10.4. The number of carboxylic acid groups (broad SMARTS) is 1. The minimum Gasteiger partial charge on any atom is -0.481 e. The fraction of sp³-hybridized carbons (Fsp3) is 0.192. The van der Waals surface area contributed by atoms with Gasteiger partial charge in [0.2, 0.25) is 0 Å². The van der Waals surface area contributed by atoms with Gasteiger partial charge in [-0.2, -0.15) is 0 Å². The summed E-state index contributed by atoms with van der Waals surface area (Å²) in [6.07, 6.45) is 0.881. The van der Waals surface area contributed by atoms with Crippen molar-refractivity contribution in [1.82, 2.24) is 4.90 Å². The minimum atomic E-state index is -0.721. The summed E-state index contributed by atoms with van der Waals surface area (Å²) in [6.45, 7) is 1.87. The second kappa shape index (κ2) is 8.22. The van der Waals surface area contributed by atoms with E-state index in [4.69, 9.17) is 21.1 Å². The van der Waals surface area contributed by atoms with Gasteiger partial charge in [-0.25, -0.2) is 0 Å². The van der Waals surface area contributed by atoms with Crippen LogP contribution in [0.15, 0.2) is 77.2 Å². The molecule has 0 saturated carbocycles. The van der Waals surface area contributed by atoms with Gasteiger partial charge >= 0.3 is 5.97 Å². The van der Waals surface area contributed by atoms with Gasteiger partial charge in [-0.05, 0) is 53.4 Å². The molecule has 1 aromatic heterocycles. The summed E-state index contributed by atoms with van der Waals surface area (Å²) < 4.78 is 6.07. The first-order valence-corrected chi connectivity index (χ1v) is 10.7. The van der Waals surface area contributed by atoms with Crippen molar-refractivity contribution < 1.29 is 14.3 Å². The van der Waals surface area contributed by atoms with Crippen LogP contribution in [-0.4, -0.2) is 29.1 Å². The highest BCUT2D eigenvalue weighted by molar-refractivity contribution is 6.33. The number of aliphatic carboxylic acids is 1. The van der Waals surface area contributed by atoms with Gasteiger partial charge in [-0.15, -0.1) is 0 Å². The van der Waals surface area contributed by atoms with Crippen molar-refractivity contribution in [2.45, 2.75) is 13.0 Å². The number of carboxylic acids is 1. The molecule has 4 aromatic rings. The molecule has 0 amide bonds. The lowest BCUT2D eigenvalue weighted by atomic mass is 9.99. The predicted molar refractivity (Wildman–Crippen MR) is 122 cm³/mol. The number of benzene rings is 3. The molecule has 0 atom stereocenters. The Bertz CT molecular complexity index is 1240. The van der Waals surface area contributed by atoms with E-state index >= 15 is 0 Å². The standard InChI is InChI=1S/C26H22ClNO3/c27-23-12-19(14-28-15-21(16-28)26(29)30)6-8-22(23)25-13-20-11-18(7-9-24(20)31-25)10-17-4-2-1-3-5-17/h1-9,11-13,21H,10,14-16H2,(H,29,30). The summed E-state index contributed by atoms with van der Waals surface area (Å²) in [7, 11) is 0. The highest BCUT2D eigenvalue weighted by Gasteiger charge is 2.32. The third-order valence-electron chi connectivity index (χ3n) is 5.84. The average Bonchev–Trinajstić information content (AvgIpc) is 3.14. The van der Waals surface area contributed by atoms with Gasteiger partial charge in [0.25, 0.3) is 0 Å². The smallest absolute Gasteiger partial charge is 0.309 e. The Morgan fingerprint density at radius 3 is 2.48 bits per heavy atom. The van der Waals surface area contributed by atoms with Crippen molar-refractivity contribution >= 4 is 28.5 Å². The molecule has 1 saturated heterocycles. The molecule has 1 fully saturated rings. The molecule has 5 rings (SSSR count). The van der Waals surface area contributed by atoms with Crippen LogP contribution in [0.25, 0.3) is 22.3 Å². The average molecular weight is 432 g/mol. The molecule has 5 heteroatoms. The Kier molecular flexibility index (Phi) is 5.26. The minimum absolute atomic E-state index is 0.253. The van der Waals surface area contributed by atoms with Crippen molar-refractivity contribution in [2.24, 2.45) is 5.92 Å². The maximum atomic E-state index is 11.0. The van der Waals surface area contributed by atoms with Crippen LogP contribution in [0.4, 0.5) is 0 Å². The zero-order valence-corrected chi connectivity index (χ0v) is 17.7. The number of furan rings is 1. The molecule has 1 N–H and O–H groups in total. The topological polar surface area (TPSA) is 53.7 Å². The van der Waals surface area contributed by atoms with Gasteiger partial charge in [-0.3, -0.25) is 9.69 Å². The van der Waals surface area contributed by atoms with Crippen LogP contribution in [0.2, 0.25) is 5.02 Å².